The number of guanidine groups is 1. The maximum atomic E-state index is 13.3. The summed E-state index contributed by atoms with van der Waals surface area (Å²) >= 11 is 6.21. The van der Waals surface area contributed by atoms with Crippen LogP contribution in [0.1, 0.15) is 24.0 Å². The highest BCUT2D eigenvalue weighted by molar-refractivity contribution is 6.31. The molecule has 0 atom stereocenters. The average Bonchev–Trinajstić information content (AvgIpc) is 3.36. The molecular formula is C19H21ClFN3O. The number of nitrogens with two attached hydrogens (primary N) is 1. The minimum atomic E-state index is -0.330. The Bertz CT molecular complexity index is 790. The summed E-state index contributed by atoms with van der Waals surface area (Å²) in [5, 5.41) is 3.57. The van der Waals surface area contributed by atoms with Gasteiger partial charge in [0.1, 0.15) is 5.82 Å². The van der Waals surface area contributed by atoms with Gasteiger partial charge in [0, 0.05) is 28.8 Å². The Labute approximate surface area is 151 Å². The number of hydrogen-bond donors (Lipinski definition) is 2. The van der Waals surface area contributed by atoms with Crippen molar-refractivity contribution in [3.05, 3.63) is 64.4 Å². The highest BCUT2D eigenvalue weighted by Gasteiger charge is 2.45. The minimum absolute atomic E-state index is 0.136. The second kappa shape index (κ2) is 7.42. The zero-order chi connectivity index (χ0) is 17.9. The first-order valence-electron chi connectivity index (χ1n) is 8.13. The van der Waals surface area contributed by atoms with Crippen LogP contribution in [0.25, 0.3) is 0 Å². The average molecular weight is 362 g/mol. The fourth-order valence-corrected chi connectivity index (χ4v) is 3.29. The molecule has 0 heterocycles. The van der Waals surface area contributed by atoms with Gasteiger partial charge in [-0.25, -0.2) is 4.39 Å². The van der Waals surface area contributed by atoms with Crippen LogP contribution in [0.2, 0.25) is 5.02 Å². The van der Waals surface area contributed by atoms with E-state index in [9.17, 15) is 4.39 Å². The Kier molecular flexibility index (Phi) is 5.25. The van der Waals surface area contributed by atoms with Crippen LogP contribution in [0.4, 0.5) is 10.1 Å². The third-order valence-electron chi connectivity index (χ3n) is 4.49. The number of aliphatic imine (C=N–C) groups is 1. The lowest BCUT2D eigenvalue weighted by Crippen LogP contribution is -2.25. The predicted molar refractivity (Wildman–Crippen MR) is 99.6 cm³/mol. The van der Waals surface area contributed by atoms with Crippen LogP contribution in [0.5, 0.6) is 0 Å². The molecule has 0 bridgehead atoms. The van der Waals surface area contributed by atoms with Crippen LogP contribution < -0.4 is 11.1 Å². The number of ether oxygens (including phenoxy) is 1. The molecule has 0 spiro atoms. The molecule has 0 radical (unpaired) electrons. The largest absolute Gasteiger partial charge is 0.380 e. The van der Waals surface area contributed by atoms with E-state index in [2.05, 4.69) is 10.3 Å². The SMILES string of the molecule is COCc1ccccc1NC(N)=NCC1(c2ccc(F)cc2Cl)CC1. The van der Waals surface area contributed by atoms with Gasteiger partial charge in [-0.1, -0.05) is 35.9 Å². The van der Waals surface area contributed by atoms with Gasteiger partial charge in [0.05, 0.1) is 13.2 Å². The van der Waals surface area contributed by atoms with E-state index in [1.54, 1.807) is 13.2 Å². The number of nitrogens with zero attached hydrogens (tertiary/aromatic N) is 1. The molecule has 132 valence electrons. The molecule has 1 saturated carbocycles. The van der Waals surface area contributed by atoms with Crippen LogP contribution in [-0.4, -0.2) is 19.6 Å². The zero-order valence-electron chi connectivity index (χ0n) is 14.1. The van der Waals surface area contributed by atoms with Gasteiger partial charge >= 0.3 is 0 Å². The summed E-state index contributed by atoms with van der Waals surface area (Å²) in [5.74, 6) is 0.0112. The van der Waals surface area contributed by atoms with Crippen molar-refractivity contribution in [2.24, 2.45) is 10.7 Å². The van der Waals surface area contributed by atoms with E-state index >= 15 is 0 Å². The van der Waals surface area contributed by atoms with Gasteiger partial charge in [0.15, 0.2) is 5.96 Å². The third kappa shape index (κ3) is 4.11. The first kappa shape index (κ1) is 17.7. The molecule has 3 rings (SSSR count). The van der Waals surface area contributed by atoms with E-state index in [0.717, 1.165) is 29.7 Å². The quantitative estimate of drug-likeness (QED) is 0.602. The van der Waals surface area contributed by atoms with E-state index in [1.165, 1.54) is 12.1 Å². The molecule has 25 heavy (non-hydrogen) atoms. The maximum absolute atomic E-state index is 13.3. The summed E-state index contributed by atoms with van der Waals surface area (Å²) in [6.07, 6.45) is 1.94. The van der Waals surface area contributed by atoms with Crippen LogP contribution in [0.15, 0.2) is 47.5 Å². The van der Waals surface area contributed by atoms with Gasteiger partial charge in [-0.05, 0) is 36.6 Å². The fourth-order valence-electron chi connectivity index (χ4n) is 2.92. The van der Waals surface area contributed by atoms with Crippen molar-refractivity contribution in [3.8, 4) is 0 Å². The third-order valence-corrected chi connectivity index (χ3v) is 4.80. The number of nitrogens with one attached hydrogen (secondary N) is 1. The molecule has 6 heteroatoms. The van der Waals surface area contributed by atoms with E-state index in [-0.39, 0.29) is 11.2 Å². The Morgan fingerprint density at radius 1 is 1.32 bits per heavy atom. The number of halogens is 2. The van der Waals surface area contributed by atoms with Gasteiger partial charge in [-0.3, -0.25) is 4.99 Å². The van der Waals surface area contributed by atoms with Gasteiger partial charge < -0.3 is 15.8 Å². The Morgan fingerprint density at radius 2 is 2.08 bits per heavy atom. The Hall–Kier alpha value is -2.11. The molecule has 2 aromatic rings. The summed E-state index contributed by atoms with van der Waals surface area (Å²) in [6.45, 7) is 1.01. The first-order chi connectivity index (χ1) is 12.0. The van der Waals surface area contributed by atoms with Crippen molar-refractivity contribution in [2.45, 2.75) is 24.9 Å². The van der Waals surface area contributed by atoms with Crippen LogP contribution in [0, 0.1) is 5.82 Å². The summed E-state index contributed by atoms with van der Waals surface area (Å²) < 4.78 is 18.4. The number of anilines is 1. The summed E-state index contributed by atoms with van der Waals surface area (Å²) in [6, 6.07) is 12.3. The Morgan fingerprint density at radius 3 is 2.76 bits per heavy atom. The van der Waals surface area contributed by atoms with Crippen molar-refractivity contribution in [1.82, 2.24) is 0 Å². The highest BCUT2D eigenvalue weighted by Crippen LogP contribution is 2.50. The lowest BCUT2D eigenvalue weighted by molar-refractivity contribution is 0.185. The smallest absolute Gasteiger partial charge is 0.193 e. The molecule has 0 unspecified atom stereocenters. The standard InChI is InChI=1S/C19H21ClFN3O/c1-25-11-13-4-2-3-5-17(13)24-18(22)23-12-19(8-9-19)15-7-6-14(21)10-16(15)20/h2-7,10H,8-9,11-12H2,1H3,(H3,22,23,24). The topological polar surface area (TPSA) is 59.6 Å². The molecule has 1 aliphatic carbocycles. The van der Waals surface area contributed by atoms with Crippen LogP contribution >= 0.6 is 11.6 Å². The molecule has 0 aromatic heterocycles. The Balaban J connectivity index is 1.71. The predicted octanol–water partition coefficient (Wildman–Crippen LogP) is 4.08. The number of benzene rings is 2. The van der Waals surface area contributed by atoms with E-state index in [1.807, 2.05) is 24.3 Å². The van der Waals surface area contributed by atoms with Crippen molar-refractivity contribution in [1.29, 1.82) is 0 Å². The first-order valence-corrected chi connectivity index (χ1v) is 8.51. The number of hydrogen-bond acceptors (Lipinski definition) is 2. The second-order valence-corrected chi connectivity index (χ2v) is 6.73. The maximum Gasteiger partial charge on any atom is 0.193 e. The van der Waals surface area contributed by atoms with E-state index < -0.39 is 0 Å². The number of para-hydroxylation sites is 1. The molecular weight excluding hydrogens is 341 g/mol. The molecule has 3 N–H and O–H groups in total. The van der Waals surface area contributed by atoms with Gasteiger partial charge in [-0.15, -0.1) is 0 Å². The van der Waals surface area contributed by atoms with Crippen molar-refractivity contribution < 1.29 is 9.13 Å². The van der Waals surface area contributed by atoms with E-state index in [0.29, 0.717) is 24.1 Å². The fraction of sp³-hybridized carbons (Fsp3) is 0.316. The van der Waals surface area contributed by atoms with Gasteiger partial charge in [0.2, 0.25) is 0 Å². The van der Waals surface area contributed by atoms with Crippen molar-refractivity contribution in [3.63, 3.8) is 0 Å². The van der Waals surface area contributed by atoms with Gasteiger partial charge in [0.25, 0.3) is 0 Å². The lowest BCUT2D eigenvalue weighted by atomic mass is 9.96. The number of methoxy groups -OCH3 is 1. The van der Waals surface area contributed by atoms with Crippen molar-refractivity contribution in [2.75, 3.05) is 19.0 Å². The molecule has 1 fully saturated rings. The number of rotatable bonds is 6. The lowest BCUT2D eigenvalue weighted by Gasteiger charge is -2.16. The van der Waals surface area contributed by atoms with Crippen molar-refractivity contribution >= 4 is 23.2 Å². The molecule has 0 saturated heterocycles. The second-order valence-electron chi connectivity index (χ2n) is 6.32. The molecule has 2 aromatic carbocycles. The highest BCUT2D eigenvalue weighted by atomic mass is 35.5. The van der Waals surface area contributed by atoms with Gasteiger partial charge in [-0.2, -0.15) is 0 Å². The summed E-state index contributed by atoms with van der Waals surface area (Å²) in [7, 11) is 1.65. The monoisotopic (exact) mass is 361 g/mol. The summed E-state index contributed by atoms with van der Waals surface area (Å²) in [5.41, 5.74) is 8.73. The van der Waals surface area contributed by atoms with E-state index in [4.69, 9.17) is 22.1 Å². The molecule has 0 aliphatic heterocycles. The zero-order valence-corrected chi connectivity index (χ0v) is 14.8. The molecule has 0 amide bonds. The molecule has 4 nitrogen and oxygen atoms in total. The molecule has 1 aliphatic rings. The van der Waals surface area contributed by atoms with Crippen LogP contribution in [-0.2, 0) is 16.8 Å². The minimum Gasteiger partial charge on any atom is -0.380 e. The summed E-state index contributed by atoms with van der Waals surface area (Å²) in [4.78, 5) is 4.48. The normalized spacial score (nSPS) is 15.9. The van der Waals surface area contributed by atoms with Crippen LogP contribution in [0.3, 0.4) is 0 Å².